The Morgan fingerprint density at radius 1 is 1.29 bits per heavy atom. The monoisotopic (exact) mass is 237 g/mol. The van der Waals surface area contributed by atoms with Gasteiger partial charge in [-0.2, -0.15) is 0 Å². The van der Waals surface area contributed by atoms with Crippen molar-refractivity contribution in [3.05, 3.63) is 23.3 Å². The van der Waals surface area contributed by atoms with E-state index in [-0.39, 0.29) is 17.5 Å². The fourth-order valence-electron chi connectivity index (χ4n) is 2.48. The number of phenolic OH excluding ortho intramolecular Hbond substituents is 2. The van der Waals surface area contributed by atoms with Gasteiger partial charge in [0.25, 0.3) is 0 Å². The van der Waals surface area contributed by atoms with Crippen LogP contribution in [-0.2, 0) is 6.42 Å². The van der Waals surface area contributed by atoms with E-state index in [0.717, 1.165) is 12.0 Å². The van der Waals surface area contributed by atoms with Gasteiger partial charge in [-0.3, -0.25) is 0 Å². The van der Waals surface area contributed by atoms with Crippen LogP contribution in [-0.4, -0.2) is 27.4 Å². The van der Waals surface area contributed by atoms with Crippen LogP contribution < -0.4 is 5.32 Å². The number of aliphatic hydroxyl groups is 1. The number of phenols is 2. The van der Waals surface area contributed by atoms with Crippen LogP contribution in [0.15, 0.2) is 12.1 Å². The maximum atomic E-state index is 10.2. The summed E-state index contributed by atoms with van der Waals surface area (Å²) in [6.45, 7) is 4.06. The number of aliphatic hydroxyl groups excluding tert-OH is 1. The predicted octanol–water partition coefficient (Wildman–Crippen LogP) is 1.44. The summed E-state index contributed by atoms with van der Waals surface area (Å²) >= 11 is 0. The van der Waals surface area contributed by atoms with E-state index in [1.165, 1.54) is 12.1 Å². The van der Waals surface area contributed by atoms with Crippen molar-refractivity contribution in [2.24, 2.45) is 0 Å². The van der Waals surface area contributed by atoms with Crippen LogP contribution in [0, 0.1) is 0 Å². The molecule has 1 unspecified atom stereocenters. The Bertz CT molecular complexity index is 417. The molecule has 0 saturated heterocycles. The van der Waals surface area contributed by atoms with Crippen molar-refractivity contribution >= 4 is 0 Å². The van der Waals surface area contributed by atoms with Gasteiger partial charge in [0.15, 0.2) is 0 Å². The Morgan fingerprint density at radius 2 is 2.00 bits per heavy atom. The molecule has 17 heavy (non-hydrogen) atoms. The number of fused-ring (bicyclic) bond motifs is 1. The van der Waals surface area contributed by atoms with Crippen LogP contribution in [0.2, 0.25) is 0 Å². The summed E-state index contributed by atoms with van der Waals surface area (Å²) in [7, 11) is 0. The second-order valence-corrected chi connectivity index (χ2v) is 4.94. The first-order chi connectivity index (χ1) is 7.99. The molecular weight excluding hydrogens is 218 g/mol. The fourth-order valence-corrected chi connectivity index (χ4v) is 2.48. The predicted molar refractivity (Wildman–Crippen MR) is 65.1 cm³/mol. The SMILES string of the molecule is CC(C)NC1CCc2c(O)cc(O)cc2[C@H]1O. The van der Waals surface area contributed by atoms with E-state index in [0.29, 0.717) is 18.0 Å². The molecule has 0 spiro atoms. The highest BCUT2D eigenvalue weighted by Gasteiger charge is 2.30. The largest absolute Gasteiger partial charge is 0.508 e. The first-order valence-electron chi connectivity index (χ1n) is 5.98. The summed E-state index contributed by atoms with van der Waals surface area (Å²) in [5.74, 6) is 0.0625. The summed E-state index contributed by atoms with van der Waals surface area (Å²) in [5, 5.41) is 32.7. The van der Waals surface area contributed by atoms with Crippen molar-refractivity contribution in [1.29, 1.82) is 0 Å². The van der Waals surface area contributed by atoms with Gasteiger partial charge in [-0.15, -0.1) is 0 Å². The van der Waals surface area contributed by atoms with E-state index in [4.69, 9.17) is 0 Å². The summed E-state index contributed by atoms with van der Waals surface area (Å²) in [6.07, 6.45) is 0.812. The van der Waals surface area contributed by atoms with Crippen LogP contribution in [0.1, 0.15) is 37.5 Å². The number of rotatable bonds is 2. The fraction of sp³-hybridized carbons (Fsp3) is 0.538. The van der Waals surface area contributed by atoms with Gasteiger partial charge in [0.2, 0.25) is 0 Å². The Kier molecular flexibility index (Phi) is 3.26. The molecule has 94 valence electrons. The molecule has 0 fully saturated rings. The first kappa shape index (κ1) is 12.2. The standard InChI is InChI=1S/C13H19NO3/c1-7(2)14-11-4-3-9-10(13(11)17)5-8(15)6-12(9)16/h5-7,11,13-17H,3-4H2,1-2H3/t11?,13-/m1/s1. The zero-order chi connectivity index (χ0) is 12.6. The summed E-state index contributed by atoms with van der Waals surface area (Å²) in [4.78, 5) is 0. The quantitative estimate of drug-likeness (QED) is 0.628. The maximum Gasteiger partial charge on any atom is 0.122 e. The van der Waals surface area contributed by atoms with Crippen LogP contribution in [0.4, 0.5) is 0 Å². The molecule has 0 aromatic heterocycles. The minimum absolute atomic E-state index is 0.00880. The molecule has 0 radical (unpaired) electrons. The van der Waals surface area contributed by atoms with Crippen LogP contribution >= 0.6 is 0 Å². The zero-order valence-corrected chi connectivity index (χ0v) is 10.1. The zero-order valence-electron chi connectivity index (χ0n) is 10.1. The second-order valence-electron chi connectivity index (χ2n) is 4.94. The molecule has 2 atom stereocenters. The van der Waals surface area contributed by atoms with E-state index in [9.17, 15) is 15.3 Å². The maximum absolute atomic E-state index is 10.2. The van der Waals surface area contributed by atoms with Gasteiger partial charge in [0.05, 0.1) is 6.10 Å². The molecule has 0 heterocycles. The first-order valence-corrected chi connectivity index (χ1v) is 5.98. The van der Waals surface area contributed by atoms with Crippen molar-refractivity contribution < 1.29 is 15.3 Å². The Balaban J connectivity index is 2.31. The van der Waals surface area contributed by atoms with Crippen molar-refractivity contribution in [1.82, 2.24) is 5.32 Å². The lowest BCUT2D eigenvalue weighted by Gasteiger charge is -2.32. The lowest BCUT2D eigenvalue weighted by Crippen LogP contribution is -2.41. The number of hydrogen-bond donors (Lipinski definition) is 4. The van der Waals surface area contributed by atoms with Gasteiger partial charge in [-0.05, 0) is 24.5 Å². The van der Waals surface area contributed by atoms with Crippen molar-refractivity contribution in [3.63, 3.8) is 0 Å². The number of nitrogens with one attached hydrogen (secondary N) is 1. The molecule has 4 nitrogen and oxygen atoms in total. The minimum Gasteiger partial charge on any atom is -0.508 e. The minimum atomic E-state index is -0.681. The lowest BCUT2D eigenvalue weighted by molar-refractivity contribution is 0.109. The normalized spacial score (nSPS) is 23.8. The van der Waals surface area contributed by atoms with Gasteiger partial charge < -0.3 is 20.6 Å². The van der Waals surface area contributed by atoms with Gasteiger partial charge in [-0.25, -0.2) is 0 Å². The molecule has 1 aromatic carbocycles. The molecule has 4 heteroatoms. The average molecular weight is 237 g/mol. The lowest BCUT2D eigenvalue weighted by atomic mass is 9.85. The van der Waals surface area contributed by atoms with Gasteiger partial charge in [-0.1, -0.05) is 13.8 Å². The molecule has 0 aliphatic heterocycles. The van der Waals surface area contributed by atoms with Crippen LogP contribution in [0.5, 0.6) is 11.5 Å². The topological polar surface area (TPSA) is 72.7 Å². The van der Waals surface area contributed by atoms with E-state index in [1.807, 2.05) is 13.8 Å². The molecule has 1 aromatic rings. The third-order valence-electron chi connectivity index (χ3n) is 3.20. The molecule has 0 amide bonds. The van der Waals surface area contributed by atoms with Gasteiger partial charge in [0, 0.05) is 23.7 Å². The third-order valence-corrected chi connectivity index (χ3v) is 3.20. The summed E-state index contributed by atoms with van der Waals surface area (Å²) in [5.41, 5.74) is 1.38. The van der Waals surface area contributed by atoms with E-state index < -0.39 is 6.10 Å². The van der Waals surface area contributed by atoms with Crippen LogP contribution in [0.3, 0.4) is 0 Å². The molecular formula is C13H19NO3. The Hall–Kier alpha value is -1.26. The molecule has 2 rings (SSSR count). The van der Waals surface area contributed by atoms with Crippen molar-refractivity contribution in [3.8, 4) is 11.5 Å². The highest BCUT2D eigenvalue weighted by molar-refractivity contribution is 5.48. The van der Waals surface area contributed by atoms with Crippen molar-refractivity contribution in [2.75, 3.05) is 0 Å². The van der Waals surface area contributed by atoms with E-state index in [2.05, 4.69) is 5.32 Å². The molecule has 1 aliphatic rings. The molecule has 0 bridgehead atoms. The van der Waals surface area contributed by atoms with Crippen LogP contribution in [0.25, 0.3) is 0 Å². The number of hydrogen-bond acceptors (Lipinski definition) is 4. The Morgan fingerprint density at radius 3 is 2.65 bits per heavy atom. The number of aromatic hydroxyl groups is 2. The van der Waals surface area contributed by atoms with E-state index >= 15 is 0 Å². The average Bonchev–Trinajstić information content (AvgIpc) is 2.22. The smallest absolute Gasteiger partial charge is 0.122 e. The summed E-state index contributed by atoms with van der Waals surface area (Å²) in [6, 6.07) is 3.13. The van der Waals surface area contributed by atoms with Crippen molar-refractivity contribution in [2.45, 2.75) is 44.9 Å². The third kappa shape index (κ3) is 2.37. The highest BCUT2D eigenvalue weighted by atomic mass is 16.3. The molecule has 1 aliphatic carbocycles. The summed E-state index contributed by atoms with van der Waals surface area (Å²) < 4.78 is 0. The van der Waals surface area contributed by atoms with Gasteiger partial charge >= 0.3 is 0 Å². The second kappa shape index (κ2) is 4.55. The van der Waals surface area contributed by atoms with Gasteiger partial charge in [0.1, 0.15) is 11.5 Å². The number of benzene rings is 1. The Labute approximate surface area is 101 Å². The van der Waals surface area contributed by atoms with E-state index in [1.54, 1.807) is 0 Å². The molecule has 0 saturated carbocycles. The molecule has 4 N–H and O–H groups in total. The highest BCUT2D eigenvalue weighted by Crippen LogP contribution is 2.37.